The van der Waals surface area contributed by atoms with Crippen LogP contribution in [-0.2, 0) is 9.59 Å². The largest absolute Gasteiger partial charge is 0.352 e. The molecule has 0 aromatic carbocycles. The van der Waals surface area contributed by atoms with Gasteiger partial charge in [-0.3, -0.25) is 9.59 Å². The van der Waals surface area contributed by atoms with E-state index < -0.39 is 0 Å². The number of piperidine rings is 1. The Bertz CT molecular complexity index is 345. The third kappa shape index (κ3) is 4.78. The average Bonchev–Trinajstić information content (AvgIpc) is 3.23. The lowest BCUT2D eigenvalue weighted by molar-refractivity contribution is -0.135. The van der Waals surface area contributed by atoms with Gasteiger partial charge in [0.1, 0.15) is 0 Å². The van der Waals surface area contributed by atoms with Crippen LogP contribution in [0.3, 0.4) is 0 Å². The molecule has 2 fully saturated rings. The van der Waals surface area contributed by atoms with E-state index in [9.17, 15) is 9.59 Å². The highest BCUT2D eigenvalue weighted by atomic mass is 16.2. The molecular formula is C15H27N3O2. The highest BCUT2D eigenvalue weighted by Gasteiger charge is 2.25. The molecule has 2 N–H and O–H groups in total. The number of hydrogen-bond acceptors (Lipinski definition) is 3. The van der Waals surface area contributed by atoms with E-state index in [0.29, 0.717) is 6.54 Å². The maximum atomic E-state index is 11.9. The maximum Gasteiger partial charge on any atom is 0.234 e. The summed E-state index contributed by atoms with van der Waals surface area (Å²) in [6.07, 6.45) is 4.34. The molecule has 1 saturated heterocycles. The molecule has 1 aliphatic carbocycles. The summed E-state index contributed by atoms with van der Waals surface area (Å²) < 4.78 is 0. The summed E-state index contributed by atoms with van der Waals surface area (Å²) in [4.78, 5) is 25.6. The number of nitrogens with one attached hydrogen (secondary N) is 2. The maximum absolute atomic E-state index is 11.9. The van der Waals surface area contributed by atoms with Crippen LogP contribution in [0.2, 0.25) is 0 Å². The quantitative estimate of drug-likeness (QED) is 0.755. The van der Waals surface area contributed by atoms with Gasteiger partial charge in [0.15, 0.2) is 0 Å². The smallest absolute Gasteiger partial charge is 0.234 e. The molecule has 0 atom stereocenters. The van der Waals surface area contributed by atoms with Gasteiger partial charge in [0.25, 0.3) is 0 Å². The molecule has 1 aliphatic heterocycles. The second-order valence-corrected chi connectivity index (χ2v) is 6.40. The van der Waals surface area contributed by atoms with Crippen molar-refractivity contribution in [2.24, 2.45) is 11.8 Å². The number of hydrogen-bond donors (Lipinski definition) is 2. The normalized spacial score (nSPS) is 20.2. The van der Waals surface area contributed by atoms with Gasteiger partial charge in [-0.2, -0.15) is 0 Å². The fourth-order valence-corrected chi connectivity index (χ4v) is 2.60. The summed E-state index contributed by atoms with van der Waals surface area (Å²) in [5, 5.41) is 6.26. The van der Waals surface area contributed by atoms with E-state index in [4.69, 9.17) is 0 Å². The molecular weight excluding hydrogens is 254 g/mol. The Hall–Kier alpha value is -1.10. The lowest BCUT2D eigenvalue weighted by Crippen LogP contribution is -2.49. The molecule has 0 spiro atoms. The Balaban J connectivity index is 1.60. The van der Waals surface area contributed by atoms with Crippen LogP contribution in [0.1, 0.15) is 39.5 Å². The molecule has 0 unspecified atom stereocenters. The fraction of sp³-hybridized carbons (Fsp3) is 0.867. The lowest BCUT2D eigenvalue weighted by atomic mass is 10.0. The van der Waals surface area contributed by atoms with Crippen molar-refractivity contribution < 1.29 is 9.59 Å². The Kier molecular flexibility index (Phi) is 5.40. The summed E-state index contributed by atoms with van der Waals surface area (Å²) in [6, 6.07) is 0.224. The molecule has 2 amide bonds. The van der Waals surface area contributed by atoms with Crippen LogP contribution in [0.25, 0.3) is 0 Å². The fourth-order valence-electron chi connectivity index (χ4n) is 2.60. The average molecular weight is 281 g/mol. The van der Waals surface area contributed by atoms with Gasteiger partial charge >= 0.3 is 0 Å². The summed E-state index contributed by atoms with van der Waals surface area (Å²) in [7, 11) is 0. The Morgan fingerprint density at radius 3 is 2.35 bits per heavy atom. The van der Waals surface area contributed by atoms with Gasteiger partial charge < -0.3 is 15.5 Å². The molecule has 0 bridgehead atoms. The number of carbonyl (C=O) groups is 2. The summed E-state index contributed by atoms with van der Waals surface area (Å²) >= 11 is 0. The molecule has 0 aromatic heterocycles. The summed E-state index contributed by atoms with van der Waals surface area (Å²) in [5.41, 5.74) is 0. The predicted octanol–water partition coefficient (Wildman–Crippen LogP) is 0.749. The SMILES string of the molecule is CC(C)C(=O)N1CCC(NC(=O)CNCC2CC2)CC1. The molecule has 1 saturated carbocycles. The first-order chi connectivity index (χ1) is 9.56. The van der Waals surface area contributed by atoms with E-state index in [-0.39, 0.29) is 23.8 Å². The van der Waals surface area contributed by atoms with Crippen LogP contribution in [0, 0.1) is 11.8 Å². The van der Waals surface area contributed by atoms with Crippen LogP contribution >= 0.6 is 0 Å². The van der Waals surface area contributed by atoms with Gasteiger partial charge in [-0.25, -0.2) is 0 Å². The van der Waals surface area contributed by atoms with Crippen LogP contribution < -0.4 is 10.6 Å². The van der Waals surface area contributed by atoms with Crippen LogP contribution in [0.4, 0.5) is 0 Å². The van der Waals surface area contributed by atoms with Gasteiger partial charge in [0, 0.05) is 25.0 Å². The third-order valence-electron chi connectivity index (χ3n) is 4.08. The minimum Gasteiger partial charge on any atom is -0.352 e. The second-order valence-electron chi connectivity index (χ2n) is 6.40. The molecule has 1 heterocycles. The number of amides is 2. The summed E-state index contributed by atoms with van der Waals surface area (Å²) in [5.74, 6) is 1.17. The monoisotopic (exact) mass is 281 g/mol. The van der Waals surface area contributed by atoms with Crippen LogP contribution in [0.15, 0.2) is 0 Å². The van der Waals surface area contributed by atoms with Crippen molar-refractivity contribution in [2.75, 3.05) is 26.2 Å². The first kappa shape index (κ1) is 15.3. The van der Waals surface area contributed by atoms with Crippen molar-refractivity contribution in [1.29, 1.82) is 0 Å². The number of rotatable bonds is 6. The highest BCUT2D eigenvalue weighted by Crippen LogP contribution is 2.27. The topological polar surface area (TPSA) is 61.4 Å². The number of likely N-dealkylation sites (tertiary alicyclic amines) is 1. The van der Waals surface area contributed by atoms with Gasteiger partial charge in [-0.05, 0) is 38.1 Å². The predicted molar refractivity (Wildman–Crippen MR) is 78.2 cm³/mol. The van der Waals surface area contributed by atoms with Crippen molar-refractivity contribution >= 4 is 11.8 Å². The molecule has 2 rings (SSSR count). The van der Waals surface area contributed by atoms with E-state index in [0.717, 1.165) is 38.4 Å². The number of carbonyl (C=O) groups excluding carboxylic acids is 2. The second kappa shape index (κ2) is 7.07. The Morgan fingerprint density at radius 2 is 1.80 bits per heavy atom. The van der Waals surface area contributed by atoms with Gasteiger partial charge in [0.05, 0.1) is 6.54 Å². The van der Waals surface area contributed by atoms with E-state index in [1.54, 1.807) is 0 Å². The minimum absolute atomic E-state index is 0.0627. The van der Waals surface area contributed by atoms with E-state index in [1.165, 1.54) is 12.8 Å². The van der Waals surface area contributed by atoms with Gasteiger partial charge in [0.2, 0.25) is 11.8 Å². The zero-order chi connectivity index (χ0) is 14.5. The Labute approximate surface area is 121 Å². The molecule has 0 aromatic rings. The standard InChI is InChI=1S/C15H27N3O2/c1-11(2)15(20)18-7-5-13(6-8-18)17-14(19)10-16-9-12-3-4-12/h11-13,16H,3-10H2,1-2H3,(H,17,19). The molecule has 5 heteroatoms. The van der Waals surface area contributed by atoms with Crippen LogP contribution in [0.5, 0.6) is 0 Å². The van der Waals surface area contributed by atoms with Gasteiger partial charge in [-0.1, -0.05) is 13.8 Å². The van der Waals surface area contributed by atoms with Gasteiger partial charge in [-0.15, -0.1) is 0 Å². The van der Waals surface area contributed by atoms with Crippen molar-refractivity contribution in [3.8, 4) is 0 Å². The molecule has 20 heavy (non-hydrogen) atoms. The van der Waals surface area contributed by atoms with Crippen molar-refractivity contribution in [3.63, 3.8) is 0 Å². The number of nitrogens with zero attached hydrogens (tertiary/aromatic N) is 1. The van der Waals surface area contributed by atoms with Crippen molar-refractivity contribution in [2.45, 2.75) is 45.6 Å². The summed E-state index contributed by atoms with van der Waals surface area (Å²) in [6.45, 7) is 6.77. The van der Waals surface area contributed by atoms with E-state index in [1.807, 2.05) is 18.7 Å². The highest BCUT2D eigenvalue weighted by molar-refractivity contribution is 5.79. The first-order valence-electron chi connectivity index (χ1n) is 7.85. The molecule has 2 aliphatic rings. The van der Waals surface area contributed by atoms with Crippen LogP contribution in [-0.4, -0.2) is 48.9 Å². The lowest BCUT2D eigenvalue weighted by Gasteiger charge is -2.33. The zero-order valence-electron chi connectivity index (χ0n) is 12.7. The molecule has 114 valence electrons. The third-order valence-corrected chi connectivity index (χ3v) is 4.08. The molecule has 0 radical (unpaired) electrons. The zero-order valence-corrected chi connectivity index (χ0v) is 12.7. The van der Waals surface area contributed by atoms with E-state index >= 15 is 0 Å². The van der Waals surface area contributed by atoms with Crippen molar-refractivity contribution in [1.82, 2.24) is 15.5 Å². The van der Waals surface area contributed by atoms with Crippen molar-refractivity contribution in [3.05, 3.63) is 0 Å². The van der Waals surface area contributed by atoms with E-state index in [2.05, 4.69) is 10.6 Å². The molecule has 5 nitrogen and oxygen atoms in total. The minimum atomic E-state index is 0.0627. The Morgan fingerprint density at radius 1 is 1.15 bits per heavy atom. The first-order valence-corrected chi connectivity index (χ1v) is 7.85.